The van der Waals surface area contributed by atoms with E-state index in [1.165, 1.54) is 51.3 Å². The number of allylic oxidation sites excluding steroid dienone is 1. The van der Waals surface area contributed by atoms with Crippen LogP contribution in [-0.2, 0) is 23.8 Å². The Hall–Kier alpha value is -10.9. The minimum atomic E-state index is -1.48. The summed E-state index contributed by atoms with van der Waals surface area (Å²) < 4.78 is 17.7. The Morgan fingerprint density at radius 1 is 0.381 bits per heavy atom. The Labute approximate surface area is 918 Å². The van der Waals surface area contributed by atoms with E-state index in [1.54, 1.807) is 45.2 Å². The van der Waals surface area contributed by atoms with E-state index in [0.29, 0.717) is 117 Å². The minimum absolute atomic E-state index is 0. The van der Waals surface area contributed by atoms with Gasteiger partial charge in [0.15, 0.2) is 0 Å². The first-order valence-corrected chi connectivity index (χ1v) is 51.0. The maximum atomic E-state index is 12.3. The number of hydrogen-bond donors (Lipinski definition) is 5. The van der Waals surface area contributed by atoms with E-state index in [1.807, 2.05) is 224 Å². The summed E-state index contributed by atoms with van der Waals surface area (Å²) in [5.74, 6) is 2.78. The fraction of sp³-hybridized carbons (Fsp3) is 0.327. The van der Waals surface area contributed by atoms with Gasteiger partial charge in [-0.15, -0.1) is 24.8 Å². The smallest absolute Gasteiger partial charge is 0.444 e. The van der Waals surface area contributed by atoms with Crippen LogP contribution in [0.4, 0.5) is 33.4 Å². The van der Waals surface area contributed by atoms with Crippen molar-refractivity contribution < 1.29 is 48.5 Å². The maximum absolute atomic E-state index is 12.3. The first kappa shape index (κ1) is 121. The van der Waals surface area contributed by atoms with Crippen molar-refractivity contribution in [2.75, 3.05) is 158 Å². The second-order valence-electron chi connectivity index (χ2n) is 35.0. The third-order valence-electron chi connectivity index (χ3n) is 22.6. The van der Waals surface area contributed by atoms with Gasteiger partial charge in [-0.2, -0.15) is 0 Å². The van der Waals surface area contributed by atoms with Gasteiger partial charge in [-0.25, -0.2) is 59.4 Å². The highest BCUT2D eigenvalue weighted by molar-refractivity contribution is 9.11. The lowest BCUT2D eigenvalue weighted by atomic mass is 9.80. The fourth-order valence-corrected chi connectivity index (χ4v) is 17.4. The van der Waals surface area contributed by atoms with Crippen LogP contribution in [0.1, 0.15) is 81.1 Å². The van der Waals surface area contributed by atoms with Gasteiger partial charge < -0.3 is 74.3 Å². The molecule has 29 nitrogen and oxygen atoms in total. The quantitative estimate of drug-likeness (QED) is 0.0367. The number of aliphatic hydroxyl groups is 1. The number of aromatic nitrogens is 10. The molecule has 0 radical (unpaired) electrons. The van der Waals surface area contributed by atoms with E-state index in [-0.39, 0.29) is 55.6 Å². The van der Waals surface area contributed by atoms with Crippen molar-refractivity contribution in [1.29, 1.82) is 0 Å². The van der Waals surface area contributed by atoms with Crippen LogP contribution in [0, 0.1) is 0 Å². The number of rotatable bonds is 10. The van der Waals surface area contributed by atoms with Gasteiger partial charge in [0.1, 0.15) is 11.2 Å². The molecule has 9 aromatic carbocycles. The normalized spacial score (nSPS) is 14.1. The number of carbonyl (C=O) groups excluding carboxylic acids is 4. The van der Waals surface area contributed by atoms with Crippen LogP contribution in [0.25, 0.3) is 87.9 Å². The first-order valence-electron chi connectivity index (χ1n) is 47.1. The predicted octanol–water partition coefficient (Wildman–Crippen LogP) is 22.2. The predicted molar refractivity (Wildman–Crippen MR) is 612 cm³/mol. The van der Waals surface area contributed by atoms with Gasteiger partial charge in [-0.3, -0.25) is 9.59 Å². The molecule has 0 atom stereocenters. The number of nitrogens with zero attached hydrogens (tertiary/aromatic N) is 17. The Morgan fingerprint density at radius 3 is 0.980 bits per heavy atom. The standard InChI is InChI=1S/C23H25ClN4O2.C21H19ClN4O.C18H17ClN4.C17H21BrN4O2.C8H4BrClN2.C6H6BClO2.C5H11N.C4H8O.C3H3ClO.CH4O.CH4.2ClH/c1-23(2,3)30-22(29)28-13-11-27(12-14-28)21-25-15-16-7-6-9-18(20(16)26-21)17-8-4-5-10-19(17)24;1-2-19(27)25-10-12-26(13-11-25)21-23-14-15-6-5-8-17(20(15)24-21)16-7-3-4-9-18(16)22;19-16-7-2-1-5-14(16)15-6-3-4-13-12-21-18(22-17(13)15)23-10-8-20-9-11-23;1-17(2,3)24-16(23)22-9-7-21(8-10-22)15-19-11-12-5-4-6-13(18)14(12)20-15;9-6-3-1-2-5-4-11-8(10)12-7(5)6;8-6-4-2-1-3-5(6)7(9)10;1-2-4-6-5-3-1;1-2-4-5-3-1;1-2-3(4)5;1-2;;;/h4-10,15H,11-14H2,1-3H3;2-9,14H,1,10-13H2;1-7,12,20H,8-11H2;4-6,11H,7-10H2,1-3H3;1-4H;1-4,9-10H;6H,1-5H2;1-4H2;2H,1H2;2H,1H3;1H4;2*1H. The van der Waals surface area contributed by atoms with Gasteiger partial charge in [0.05, 0.1) is 27.6 Å². The Morgan fingerprint density at radius 2 is 0.680 bits per heavy atom. The van der Waals surface area contributed by atoms with Gasteiger partial charge in [0.2, 0.25) is 40.2 Å². The van der Waals surface area contributed by atoms with Crippen LogP contribution in [0.3, 0.4) is 0 Å². The molecule has 780 valence electrons. The van der Waals surface area contributed by atoms with Gasteiger partial charge >= 0.3 is 19.3 Å². The third-order valence-corrected chi connectivity index (χ3v) is 25.6. The topological polar surface area (TPSA) is 332 Å². The largest absolute Gasteiger partial charge is 0.489 e. The van der Waals surface area contributed by atoms with Crippen molar-refractivity contribution >= 4 is 241 Å². The number of piperazine rings is 4. The second kappa shape index (κ2) is 61.3. The Kier molecular flexibility index (Phi) is 50.6. The van der Waals surface area contributed by atoms with Crippen molar-refractivity contribution in [2.24, 2.45) is 0 Å². The lowest BCUT2D eigenvalue weighted by Crippen LogP contribution is -2.50. The highest BCUT2D eigenvalue weighted by Gasteiger charge is 2.31. The van der Waals surface area contributed by atoms with Gasteiger partial charge in [0.25, 0.3) is 0 Å². The van der Waals surface area contributed by atoms with Crippen molar-refractivity contribution in [2.45, 2.75) is 92.3 Å². The number of carbonyl (C=O) groups is 4. The summed E-state index contributed by atoms with van der Waals surface area (Å²) in [6.07, 6.45) is 17.8. The number of para-hydroxylation sites is 5. The Bertz CT molecular complexity index is 6600. The molecule has 5 N–H and O–H groups in total. The molecule has 0 spiro atoms. The second-order valence-corrected chi connectivity index (χ2v) is 39.1. The number of halogens is 10. The number of fused-ring (bicyclic) bond motifs is 5. The average molecular weight is 2290 g/mol. The third kappa shape index (κ3) is 36.8. The molecular weight excluding hydrogens is 2170 g/mol. The molecule has 5 aromatic heterocycles. The molecule has 6 fully saturated rings. The van der Waals surface area contributed by atoms with E-state index in [4.69, 9.17) is 114 Å². The number of nitrogens with one attached hydrogen (secondary N) is 2. The molecule has 14 aromatic rings. The number of benzene rings is 9. The van der Waals surface area contributed by atoms with Crippen molar-refractivity contribution in [3.8, 4) is 33.4 Å². The van der Waals surface area contributed by atoms with Gasteiger partial charge in [-0.1, -0.05) is 225 Å². The van der Waals surface area contributed by atoms with Crippen LogP contribution in [0.5, 0.6) is 0 Å². The fourth-order valence-electron chi connectivity index (χ4n) is 15.4. The maximum Gasteiger partial charge on any atom is 0.489 e. The van der Waals surface area contributed by atoms with Gasteiger partial charge in [0, 0.05) is 251 Å². The Balaban J connectivity index is 0.000000211. The highest BCUT2D eigenvalue weighted by Crippen LogP contribution is 2.38. The number of aliphatic hydroxyl groups excluding tert-OH is 1. The summed E-state index contributed by atoms with van der Waals surface area (Å²) in [7, 11) is -0.478. The van der Waals surface area contributed by atoms with E-state index in [2.05, 4.69) is 116 Å². The van der Waals surface area contributed by atoms with Crippen molar-refractivity contribution in [3.63, 3.8) is 0 Å². The molecule has 0 unspecified atom stereocenters. The van der Waals surface area contributed by atoms with E-state index in [9.17, 15) is 19.2 Å². The number of ether oxygens (including phenoxy) is 3. The van der Waals surface area contributed by atoms with Crippen molar-refractivity contribution in [1.82, 2.24) is 75.2 Å². The van der Waals surface area contributed by atoms with E-state index >= 15 is 0 Å². The van der Waals surface area contributed by atoms with Crippen molar-refractivity contribution in [3.05, 3.63) is 279 Å². The zero-order chi connectivity index (χ0) is 103. The molecule has 0 bridgehead atoms. The monoisotopic (exact) mass is 2280 g/mol. The summed E-state index contributed by atoms with van der Waals surface area (Å²) in [6.45, 7) is 33.9. The number of anilines is 4. The van der Waals surface area contributed by atoms with Crippen LogP contribution in [-0.4, -0.2) is 259 Å². The molecule has 6 aliphatic rings. The minimum Gasteiger partial charge on any atom is -0.444 e. The molecule has 20 rings (SSSR count). The van der Waals surface area contributed by atoms with Crippen LogP contribution in [0.15, 0.2) is 253 Å². The first-order chi connectivity index (χ1) is 69.4. The van der Waals surface area contributed by atoms with Crippen LogP contribution >= 0.6 is 126 Å². The lowest BCUT2D eigenvalue weighted by Gasteiger charge is -2.35. The summed E-state index contributed by atoms with van der Waals surface area (Å²) in [5, 5.41) is 38.2. The molecular formula is C107H124BBr2Cl8N19O10. The lowest BCUT2D eigenvalue weighted by molar-refractivity contribution is -0.126. The molecule has 0 saturated carbocycles. The summed E-state index contributed by atoms with van der Waals surface area (Å²) >= 11 is 42.1. The zero-order valence-corrected chi connectivity index (χ0v) is 91.6. The molecule has 6 saturated heterocycles. The average Bonchev–Trinajstić information content (AvgIpc) is 0.964. The van der Waals surface area contributed by atoms with Gasteiger partial charge in [-0.05, 0) is 184 Å². The highest BCUT2D eigenvalue weighted by atomic mass is 79.9. The molecule has 6 aliphatic heterocycles. The summed E-state index contributed by atoms with van der Waals surface area (Å²) in [4.78, 5) is 105. The molecule has 0 aliphatic carbocycles. The zero-order valence-electron chi connectivity index (χ0n) is 82.3. The summed E-state index contributed by atoms with van der Waals surface area (Å²) in [5.41, 5.74) is 9.73. The molecule has 11 heterocycles. The SMILES string of the molecule is C.C1CCNCC1.C1CCOC1.C=CC(=O)Cl.C=CC(=O)N1CCN(c2ncc3cccc(-c4ccccc4Cl)c3n2)CC1.CC(C)(C)OC(=O)N1CCN(c2ncc3cccc(-c4ccccc4Cl)c3n2)CC1.CC(C)(C)OC(=O)N1CCN(c2ncc3cccc(Br)c3n2)CC1.CO.Cl.Cl.Clc1ccccc1-c1cccc2cnc(N3CCNCC3)nc12.Clc1ncc2cccc(Br)c2n1.OB(O)c1ccccc1Cl. The number of hydrogen-bond acceptors (Lipinski definition) is 26. The molecule has 40 heteroatoms. The van der Waals surface area contributed by atoms with E-state index in [0.717, 1.165) is 160 Å². The molecule has 147 heavy (non-hydrogen) atoms. The molecule has 3 amide bonds. The van der Waals surface area contributed by atoms with Crippen LogP contribution in [0.2, 0.25) is 25.4 Å². The van der Waals surface area contributed by atoms with E-state index < -0.39 is 23.6 Å². The summed E-state index contributed by atoms with van der Waals surface area (Å²) in [6, 6.07) is 59.9. The number of piperidine rings is 1. The number of amides is 3. The van der Waals surface area contributed by atoms with Crippen LogP contribution < -0.4 is 35.7 Å².